The van der Waals surface area contributed by atoms with Crippen molar-refractivity contribution in [2.45, 2.75) is 47.0 Å². The maximum absolute atomic E-state index is 12.4. The number of carboxylic acids is 1. The van der Waals surface area contributed by atoms with Gasteiger partial charge in [0.25, 0.3) is 0 Å². The maximum atomic E-state index is 12.4. The highest BCUT2D eigenvalue weighted by atomic mass is 32.1. The van der Waals surface area contributed by atoms with Gasteiger partial charge >= 0.3 is 5.97 Å². The van der Waals surface area contributed by atoms with Gasteiger partial charge in [0.2, 0.25) is 5.91 Å². The highest BCUT2D eigenvalue weighted by Gasteiger charge is 2.48. The van der Waals surface area contributed by atoms with Crippen LogP contribution < -0.4 is 0 Å². The van der Waals surface area contributed by atoms with Crippen molar-refractivity contribution in [2.75, 3.05) is 13.1 Å². The number of aryl methyl sites for hydroxylation is 2. The molecule has 0 radical (unpaired) electrons. The van der Waals surface area contributed by atoms with Crippen LogP contribution in [0.2, 0.25) is 0 Å². The highest BCUT2D eigenvalue weighted by Crippen LogP contribution is 2.38. The number of rotatable bonds is 6. The molecule has 6 heteroatoms. The average Bonchev–Trinajstić information content (AvgIpc) is 3.09. The molecule has 5 nitrogen and oxygen atoms in total. The first-order valence-corrected chi connectivity index (χ1v) is 9.10. The molecular weight excluding hydrogens is 326 g/mol. The van der Waals surface area contributed by atoms with Gasteiger partial charge in [0.1, 0.15) is 0 Å². The molecule has 1 N–H and O–H groups in total. The third-order valence-corrected chi connectivity index (χ3v) is 6.06. The summed E-state index contributed by atoms with van der Waals surface area (Å²) >= 11 is 1.58. The van der Waals surface area contributed by atoms with Crippen molar-refractivity contribution in [1.82, 2.24) is 4.90 Å². The maximum Gasteiger partial charge on any atom is 0.311 e. The lowest BCUT2D eigenvalue weighted by molar-refractivity contribution is -0.151. The van der Waals surface area contributed by atoms with Crippen LogP contribution in [-0.2, 0) is 9.59 Å². The standard InChI is InChI=1S/C18H25NO4S/c1-11(2)18(17(22)23)7-8-19(10-18)16(21)6-5-15(20)14-9-12(3)24-13(14)4/h9,11H,5-8,10H2,1-4H3,(H,22,23). The largest absolute Gasteiger partial charge is 0.481 e. The van der Waals surface area contributed by atoms with E-state index in [1.165, 1.54) is 0 Å². The summed E-state index contributed by atoms with van der Waals surface area (Å²) in [4.78, 5) is 40.0. The number of ketones is 1. The average molecular weight is 351 g/mol. The molecule has 0 spiro atoms. The molecule has 2 heterocycles. The first-order chi connectivity index (χ1) is 11.2. The first-order valence-electron chi connectivity index (χ1n) is 8.29. The number of aliphatic carboxylic acids is 1. The second kappa shape index (κ2) is 7.05. The Bertz CT molecular complexity index is 664. The van der Waals surface area contributed by atoms with E-state index in [0.29, 0.717) is 18.5 Å². The molecule has 0 bridgehead atoms. The Balaban J connectivity index is 1.95. The van der Waals surface area contributed by atoms with Gasteiger partial charge in [-0.25, -0.2) is 0 Å². The van der Waals surface area contributed by atoms with Crippen LogP contribution in [0.3, 0.4) is 0 Å². The summed E-state index contributed by atoms with van der Waals surface area (Å²) in [5.41, 5.74) is -0.158. The molecule has 24 heavy (non-hydrogen) atoms. The van der Waals surface area contributed by atoms with Gasteiger partial charge in [-0.05, 0) is 32.3 Å². The van der Waals surface area contributed by atoms with Gasteiger partial charge in [-0.2, -0.15) is 0 Å². The quantitative estimate of drug-likeness (QED) is 0.798. The van der Waals surface area contributed by atoms with Gasteiger partial charge in [-0.3, -0.25) is 14.4 Å². The van der Waals surface area contributed by atoms with Crippen LogP contribution in [0.25, 0.3) is 0 Å². The van der Waals surface area contributed by atoms with E-state index in [9.17, 15) is 19.5 Å². The summed E-state index contributed by atoms with van der Waals surface area (Å²) in [5.74, 6) is -1.02. The van der Waals surface area contributed by atoms with E-state index in [2.05, 4.69) is 0 Å². The third-order valence-electron chi connectivity index (χ3n) is 5.09. The Morgan fingerprint density at radius 3 is 2.42 bits per heavy atom. The molecule has 0 saturated carbocycles. The number of thiophene rings is 1. The Morgan fingerprint density at radius 1 is 1.29 bits per heavy atom. The highest BCUT2D eigenvalue weighted by molar-refractivity contribution is 7.12. The molecule has 132 valence electrons. The molecule has 1 aliphatic rings. The van der Waals surface area contributed by atoms with E-state index < -0.39 is 11.4 Å². The van der Waals surface area contributed by atoms with Crippen LogP contribution in [0, 0.1) is 25.2 Å². The number of carboxylic acid groups (broad SMARTS) is 1. The zero-order chi connectivity index (χ0) is 18.1. The molecule has 1 saturated heterocycles. The normalized spacial score (nSPS) is 20.6. The molecule has 1 fully saturated rings. The molecule has 1 amide bonds. The summed E-state index contributed by atoms with van der Waals surface area (Å²) in [6, 6.07) is 1.87. The van der Waals surface area contributed by atoms with Crippen LogP contribution in [0.4, 0.5) is 0 Å². The monoisotopic (exact) mass is 351 g/mol. The molecule has 1 aromatic heterocycles. The lowest BCUT2D eigenvalue weighted by atomic mass is 9.76. The molecule has 2 rings (SSSR count). The number of hydrogen-bond acceptors (Lipinski definition) is 4. The van der Waals surface area contributed by atoms with Gasteiger partial charge in [0, 0.05) is 41.2 Å². The summed E-state index contributed by atoms with van der Waals surface area (Å²) in [6.07, 6.45) is 0.789. The number of carbonyl (C=O) groups excluding carboxylic acids is 2. The minimum Gasteiger partial charge on any atom is -0.481 e. The Kier molecular flexibility index (Phi) is 5.48. The molecule has 0 aliphatic carbocycles. The molecule has 1 unspecified atom stereocenters. The van der Waals surface area contributed by atoms with Crippen molar-refractivity contribution < 1.29 is 19.5 Å². The number of hydrogen-bond donors (Lipinski definition) is 1. The van der Waals surface area contributed by atoms with Crippen LogP contribution in [0.5, 0.6) is 0 Å². The smallest absolute Gasteiger partial charge is 0.311 e. The minimum absolute atomic E-state index is 0.0160. The predicted molar refractivity (Wildman–Crippen MR) is 93.5 cm³/mol. The van der Waals surface area contributed by atoms with E-state index in [1.807, 2.05) is 33.8 Å². The number of likely N-dealkylation sites (tertiary alicyclic amines) is 1. The first kappa shape index (κ1) is 18.6. The second-order valence-electron chi connectivity index (χ2n) is 6.93. The van der Waals surface area contributed by atoms with Gasteiger partial charge in [-0.15, -0.1) is 11.3 Å². The third kappa shape index (κ3) is 3.53. The van der Waals surface area contributed by atoms with Crippen molar-refractivity contribution in [1.29, 1.82) is 0 Å². The second-order valence-corrected chi connectivity index (χ2v) is 8.39. The molecule has 1 aromatic rings. The fraction of sp³-hybridized carbons (Fsp3) is 0.611. The van der Waals surface area contributed by atoms with E-state index in [-0.39, 0.29) is 37.0 Å². The van der Waals surface area contributed by atoms with E-state index in [1.54, 1.807) is 16.2 Å². The van der Waals surface area contributed by atoms with Gasteiger partial charge in [0.05, 0.1) is 5.41 Å². The number of nitrogens with zero attached hydrogens (tertiary/aromatic N) is 1. The summed E-state index contributed by atoms with van der Waals surface area (Å²) in [6.45, 7) is 8.33. The molecule has 1 aliphatic heterocycles. The molecule has 1 atom stereocenters. The summed E-state index contributed by atoms with van der Waals surface area (Å²) in [7, 11) is 0. The van der Waals surface area contributed by atoms with Crippen molar-refractivity contribution in [3.8, 4) is 0 Å². The van der Waals surface area contributed by atoms with Gasteiger partial charge in [0.15, 0.2) is 5.78 Å². The Hall–Kier alpha value is -1.69. The lowest BCUT2D eigenvalue weighted by Crippen LogP contribution is -2.40. The zero-order valence-electron chi connectivity index (χ0n) is 14.7. The topological polar surface area (TPSA) is 74.7 Å². The van der Waals surface area contributed by atoms with Crippen LogP contribution in [0.1, 0.15) is 53.2 Å². The molecular formula is C18H25NO4S. The van der Waals surface area contributed by atoms with E-state index >= 15 is 0 Å². The summed E-state index contributed by atoms with van der Waals surface area (Å²) < 4.78 is 0. The van der Waals surface area contributed by atoms with Gasteiger partial charge < -0.3 is 10.0 Å². The van der Waals surface area contributed by atoms with Crippen LogP contribution in [-0.4, -0.2) is 40.8 Å². The van der Waals surface area contributed by atoms with Crippen LogP contribution in [0.15, 0.2) is 6.07 Å². The van der Waals surface area contributed by atoms with Gasteiger partial charge in [-0.1, -0.05) is 13.8 Å². The van der Waals surface area contributed by atoms with E-state index in [0.717, 1.165) is 9.75 Å². The van der Waals surface area contributed by atoms with Crippen molar-refractivity contribution in [3.63, 3.8) is 0 Å². The molecule has 0 aromatic carbocycles. The number of Topliss-reactive ketones (excluding diaryl/α,β-unsaturated/α-hetero) is 1. The lowest BCUT2D eigenvalue weighted by Gasteiger charge is -2.28. The summed E-state index contributed by atoms with van der Waals surface area (Å²) in [5, 5.41) is 9.54. The van der Waals surface area contributed by atoms with Crippen molar-refractivity contribution >= 4 is 29.0 Å². The Morgan fingerprint density at radius 2 is 1.96 bits per heavy atom. The zero-order valence-corrected chi connectivity index (χ0v) is 15.5. The number of carbonyl (C=O) groups is 3. The minimum atomic E-state index is -0.860. The number of amides is 1. The fourth-order valence-corrected chi connectivity index (χ4v) is 4.30. The van der Waals surface area contributed by atoms with Crippen molar-refractivity contribution in [2.24, 2.45) is 11.3 Å². The van der Waals surface area contributed by atoms with Crippen LogP contribution >= 0.6 is 11.3 Å². The SMILES string of the molecule is Cc1cc(C(=O)CCC(=O)N2CCC(C(=O)O)(C(C)C)C2)c(C)s1. The van der Waals surface area contributed by atoms with E-state index in [4.69, 9.17) is 0 Å². The Labute approximate surface area is 146 Å². The predicted octanol–water partition coefficient (Wildman–Crippen LogP) is 3.29. The van der Waals surface area contributed by atoms with Crippen molar-refractivity contribution in [3.05, 3.63) is 21.4 Å². The fourth-order valence-electron chi connectivity index (χ4n) is 3.36.